The van der Waals surface area contributed by atoms with E-state index in [4.69, 9.17) is 4.74 Å². The highest BCUT2D eigenvalue weighted by Crippen LogP contribution is 2.44. The molecule has 32 heavy (non-hydrogen) atoms. The average molecular weight is 437 g/mol. The molecule has 0 heterocycles. The molecule has 1 fully saturated rings. The van der Waals surface area contributed by atoms with Crippen LogP contribution in [-0.4, -0.2) is 7.11 Å². The molecule has 1 aromatic carbocycles. The van der Waals surface area contributed by atoms with Gasteiger partial charge in [0.1, 0.15) is 0 Å². The molecular weight excluding hydrogens is 395 g/mol. The first-order valence-electron chi connectivity index (χ1n) is 12.9. The molecule has 0 spiro atoms. The molecule has 2 heteroatoms. The van der Waals surface area contributed by atoms with Crippen LogP contribution in [0.4, 0.5) is 4.39 Å². The number of benzene rings is 1. The lowest BCUT2D eigenvalue weighted by Gasteiger charge is -2.35. The molecule has 1 saturated carbocycles. The van der Waals surface area contributed by atoms with Gasteiger partial charge in [-0.1, -0.05) is 62.1 Å². The summed E-state index contributed by atoms with van der Waals surface area (Å²) < 4.78 is 19.6. The summed E-state index contributed by atoms with van der Waals surface area (Å²) in [5.41, 5.74) is 6.41. The van der Waals surface area contributed by atoms with Crippen molar-refractivity contribution in [1.29, 1.82) is 0 Å². The van der Waals surface area contributed by atoms with Gasteiger partial charge in [-0.2, -0.15) is 0 Å². The van der Waals surface area contributed by atoms with Crippen molar-refractivity contribution in [1.82, 2.24) is 0 Å². The molecule has 0 aromatic heterocycles. The third-order valence-corrected chi connectivity index (χ3v) is 8.47. The molecule has 2 unspecified atom stereocenters. The molecule has 0 N–H and O–H groups in total. The van der Waals surface area contributed by atoms with E-state index < -0.39 is 0 Å². The minimum Gasteiger partial charge on any atom is -0.494 e. The van der Waals surface area contributed by atoms with E-state index in [9.17, 15) is 4.39 Å². The van der Waals surface area contributed by atoms with Crippen LogP contribution in [0.15, 0.2) is 41.5 Å². The summed E-state index contributed by atoms with van der Waals surface area (Å²) in [6, 6.07) is 3.79. The quantitative estimate of drug-likeness (QED) is 0.433. The molecular formula is C30H41FO. The molecule has 3 aliphatic rings. The summed E-state index contributed by atoms with van der Waals surface area (Å²) in [6.07, 6.45) is 20.3. The molecule has 3 aliphatic carbocycles. The number of methoxy groups -OCH3 is 1. The van der Waals surface area contributed by atoms with Crippen LogP contribution in [0.25, 0.3) is 5.57 Å². The summed E-state index contributed by atoms with van der Waals surface area (Å²) in [5, 5.41) is 0. The third kappa shape index (κ3) is 4.90. The van der Waals surface area contributed by atoms with Gasteiger partial charge in [-0.05, 0) is 105 Å². The van der Waals surface area contributed by atoms with Gasteiger partial charge in [-0.25, -0.2) is 4.39 Å². The van der Waals surface area contributed by atoms with Gasteiger partial charge in [-0.3, -0.25) is 0 Å². The van der Waals surface area contributed by atoms with E-state index in [-0.39, 0.29) is 5.82 Å². The van der Waals surface area contributed by atoms with Gasteiger partial charge in [-0.15, -0.1) is 0 Å². The number of ether oxygens (including phenoxy) is 1. The van der Waals surface area contributed by atoms with Crippen LogP contribution in [0.1, 0.15) is 89.2 Å². The van der Waals surface area contributed by atoms with Gasteiger partial charge in [0.05, 0.1) is 7.11 Å². The van der Waals surface area contributed by atoms with E-state index in [0.717, 1.165) is 30.2 Å². The van der Waals surface area contributed by atoms with Crippen LogP contribution in [0, 0.1) is 36.4 Å². The van der Waals surface area contributed by atoms with Crippen LogP contribution in [0.3, 0.4) is 0 Å². The van der Waals surface area contributed by atoms with Crippen LogP contribution >= 0.6 is 0 Å². The molecule has 2 atom stereocenters. The van der Waals surface area contributed by atoms with Crippen molar-refractivity contribution in [3.8, 4) is 5.75 Å². The zero-order valence-corrected chi connectivity index (χ0v) is 20.6. The Labute approximate surface area is 194 Å². The molecule has 0 radical (unpaired) electrons. The van der Waals surface area contributed by atoms with E-state index in [0.29, 0.717) is 23.1 Å². The molecule has 1 nitrogen and oxygen atoms in total. The Hall–Kier alpha value is -1.83. The molecule has 0 bridgehead atoms. The highest BCUT2D eigenvalue weighted by Gasteiger charge is 2.29. The van der Waals surface area contributed by atoms with Crippen molar-refractivity contribution in [2.45, 2.75) is 85.0 Å². The summed E-state index contributed by atoms with van der Waals surface area (Å²) in [6.45, 7) is 6.64. The maximum absolute atomic E-state index is 14.5. The normalized spacial score (nSPS) is 28.6. The van der Waals surface area contributed by atoms with Crippen molar-refractivity contribution < 1.29 is 9.13 Å². The molecule has 0 saturated heterocycles. The summed E-state index contributed by atoms with van der Waals surface area (Å²) in [7, 11) is 1.53. The second-order valence-corrected chi connectivity index (χ2v) is 10.5. The zero-order chi connectivity index (χ0) is 22.7. The van der Waals surface area contributed by atoms with Gasteiger partial charge in [0.25, 0.3) is 0 Å². The van der Waals surface area contributed by atoms with Crippen LogP contribution < -0.4 is 4.74 Å². The van der Waals surface area contributed by atoms with Gasteiger partial charge in [0, 0.05) is 0 Å². The van der Waals surface area contributed by atoms with Gasteiger partial charge in [0.2, 0.25) is 0 Å². The standard InChI is InChI=1S/C30H41FO/c1-5-6-22-7-9-24(10-8-22)27-16-15-26(19-20(27)2)23-11-13-25(14-12-23)28-17-18-29(32-4)30(31)21(28)3/h13,15-18,20,22-24H,5-12,14,19H2,1-4H3. The number of rotatable bonds is 6. The highest BCUT2D eigenvalue weighted by molar-refractivity contribution is 5.70. The van der Waals surface area contributed by atoms with Crippen molar-refractivity contribution in [2.24, 2.45) is 23.7 Å². The lowest BCUT2D eigenvalue weighted by atomic mass is 9.70. The number of hydrogen-bond donors (Lipinski definition) is 0. The summed E-state index contributed by atoms with van der Waals surface area (Å²) in [5.74, 6) is 3.24. The lowest BCUT2D eigenvalue weighted by Crippen LogP contribution is -2.22. The Morgan fingerprint density at radius 2 is 1.81 bits per heavy atom. The Balaban J connectivity index is 1.41. The predicted octanol–water partition coefficient (Wildman–Crippen LogP) is 8.83. The highest BCUT2D eigenvalue weighted by atomic mass is 19.1. The molecule has 4 rings (SSSR count). The number of hydrogen-bond acceptors (Lipinski definition) is 1. The Morgan fingerprint density at radius 3 is 2.44 bits per heavy atom. The van der Waals surface area contributed by atoms with Crippen LogP contribution in [-0.2, 0) is 0 Å². The van der Waals surface area contributed by atoms with Crippen LogP contribution in [0.5, 0.6) is 5.75 Å². The van der Waals surface area contributed by atoms with E-state index >= 15 is 0 Å². The smallest absolute Gasteiger partial charge is 0.168 e. The molecule has 1 aromatic rings. The maximum Gasteiger partial charge on any atom is 0.168 e. The molecule has 0 aliphatic heterocycles. The average Bonchev–Trinajstić information content (AvgIpc) is 2.82. The first-order valence-corrected chi connectivity index (χ1v) is 12.9. The van der Waals surface area contributed by atoms with Gasteiger partial charge < -0.3 is 4.74 Å². The topological polar surface area (TPSA) is 9.23 Å². The first-order chi connectivity index (χ1) is 15.5. The van der Waals surface area contributed by atoms with E-state index in [1.54, 1.807) is 17.2 Å². The summed E-state index contributed by atoms with van der Waals surface area (Å²) in [4.78, 5) is 0. The van der Waals surface area contributed by atoms with Gasteiger partial charge >= 0.3 is 0 Å². The number of allylic oxidation sites excluding steroid dienone is 6. The van der Waals surface area contributed by atoms with Gasteiger partial charge in [0.15, 0.2) is 11.6 Å². The van der Waals surface area contributed by atoms with E-state index in [2.05, 4.69) is 32.1 Å². The molecule has 174 valence electrons. The monoisotopic (exact) mass is 436 g/mol. The fourth-order valence-corrected chi connectivity index (χ4v) is 6.52. The first kappa shape index (κ1) is 23.3. The SMILES string of the molecule is CCCC1CCC(C2=CC=C(C3CC=C(c4ccc(OC)c(F)c4C)CC3)CC2C)CC1. The van der Waals surface area contributed by atoms with Crippen molar-refractivity contribution in [3.05, 3.63) is 58.5 Å². The van der Waals surface area contributed by atoms with Crippen LogP contribution in [0.2, 0.25) is 0 Å². The minimum atomic E-state index is -0.224. The lowest BCUT2D eigenvalue weighted by molar-refractivity contribution is 0.274. The largest absolute Gasteiger partial charge is 0.494 e. The minimum absolute atomic E-state index is 0.224. The Morgan fingerprint density at radius 1 is 1.03 bits per heavy atom. The second kappa shape index (κ2) is 10.4. The van der Waals surface area contributed by atoms with Crippen molar-refractivity contribution in [2.75, 3.05) is 7.11 Å². The predicted molar refractivity (Wildman–Crippen MR) is 133 cm³/mol. The number of halogens is 1. The van der Waals surface area contributed by atoms with Crippen molar-refractivity contribution >= 4 is 5.57 Å². The molecule has 0 amide bonds. The summed E-state index contributed by atoms with van der Waals surface area (Å²) >= 11 is 0. The maximum atomic E-state index is 14.5. The fourth-order valence-electron chi connectivity index (χ4n) is 6.52. The van der Waals surface area contributed by atoms with E-state index in [1.165, 1.54) is 64.0 Å². The Kier molecular flexibility index (Phi) is 7.59. The van der Waals surface area contributed by atoms with E-state index in [1.807, 2.05) is 13.0 Å². The Bertz CT molecular complexity index is 898. The second-order valence-electron chi connectivity index (χ2n) is 10.5. The zero-order valence-electron chi connectivity index (χ0n) is 20.6. The fraction of sp³-hybridized carbons (Fsp3) is 0.600. The van der Waals surface area contributed by atoms with Crippen molar-refractivity contribution in [3.63, 3.8) is 0 Å². The third-order valence-electron chi connectivity index (χ3n) is 8.47.